The summed E-state index contributed by atoms with van der Waals surface area (Å²) in [7, 11) is 1.60. The Morgan fingerprint density at radius 1 is 1.21 bits per heavy atom. The summed E-state index contributed by atoms with van der Waals surface area (Å²) in [6.45, 7) is 0.910. The molecule has 0 saturated heterocycles. The molecule has 1 amide bonds. The Labute approximate surface area is 144 Å². The molecule has 0 spiro atoms. The van der Waals surface area contributed by atoms with E-state index in [2.05, 4.69) is 10.6 Å². The largest absolute Gasteiger partial charge is 0.491 e. The fourth-order valence-electron chi connectivity index (χ4n) is 1.91. The third-order valence-corrected chi connectivity index (χ3v) is 3.28. The maximum absolute atomic E-state index is 13.6. The van der Waals surface area contributed by atoms with Crippen LogP contribution < -0.4 is 15.4 Å². The van der Waals surface area contributed by atoms with E-state index in [1.54, 1.807) is 25.3 Å². The lowest BCUT2D eigenvalue weighted by atomic mass is 10.3. The van der Waals surface area contributed by atoms with Gasteiger partial charge in [0.1, 0.15) is 18.2 Å². The number of ether oxygens (including phenoxy) is 2. The molecule has 0 aromatic heterocycles. The van der Waals surface area contributed by atoms with E-state index in [9.17, 15) is 9.18 Å². The van der Waals surface area contributed by atoms with Crippen molar-refractivity contribution in [2.45, 2.75) is 0 Å². The summed E-state index contributed by atoms with van der Waals surface area (Å²) >= 11 is 5.79. The van der Waals surface area contributed by atoms with Crippen LogP contribution in [0.15, 0.2) is 42.5 Å². The third-order valence-electron chi connectivity index (χ3n) is 3.05. The second kappa shape index (κ2) is 9.10. The summed E-state index contributed by atoms with van der Waals surface area (Å²) in [5.74, 6) is -0.262. The number of benzene rings is 2. The zero-order valence-electron chi connectivity index (χ0n) is 13.1. The molecule has 5 nitrogen and oxygen atoms in total. The normalized spacial score (nSPS) is 10.3. The van der Waals surface area contributed by atoms with Crippen molar-refractivity contribution in [1.82, 2.24) is 0 Å². The number of carbonyl (C=O) groups is 1. The van der Waals surface area contributed by atoms with E-state index < -0.39 is 5.82 Å². The van der Waals surface area contributed by atoms with Crippen molar-refractivity contribution >= 4 is 28.9 Å². The van der Waals surface area contributed by atoms with E-state index in [4.69, 9.17) is 21.1 Å². The molecule has 0 radical (unpaired) electrons. The molecule has 24 heavy (non-hydrogen) atoms. The minimum absolute atomic E-state index is 0.0204. The van der Waals surface area contributed by atoms with Gasteiger partial charge in [-0.3, -0.25) is 4.79 Å². The Hall–Kier alpha value is -2.31. The highest BCUT2D eigenvalue weighted by atomic mass is 35.5. The Balaban J connectivity index is 1.87. The molecular formula is C17H18ClFN2O3. The van der Waals surface area contributed by atoms with Crippen molar-refractivity contribution < 1.29 is 18.7 Å². The Kier molecular flexibility index (Phi) is 6.84. The van der Waals surface area contributed by atoms with Gasteiger partial charge in [-0.1, -0.05) is 17.7 Å². The standard InChI is InChI=1S/C17H18ClFN2O3/c1-23-7-8-24-14-4-2-3-13(10-14)20-11-17(22)21-16-9-12(18)5-6-15(16)19/h2-6,9-10,20H,7-8,11H2,1H3,(H,21,22). The van der Waals surface area contributed by atoms with Crippen LogP contribution in [0.25, 0.3) is 0 Å². The van der Waals surface area contributed by atoms with Gasteiger partial charge in [0, 0.05) is 23.9 Å². The first-order valence-electron chi connectivity index (χ1n) is 7.29. The van der Waals surface area contributed by atoms with Gasteiger partial charge in [-0.2, -0.15) is 0 Å². The first-order valence-corrected chi connectivity index (χ1v) is 7.67. The van der Waals surface area contributed by atoms with Gasteiger partial charge in [0.15, 0.2) is 0 Å². The minimum atomic E-state index is -0.540. The number of methoxy groups -OCH3 is 1. The van der Waals surface area contributed by atoms with Gasteiger partial charge in [0.2, 0.25) is 5.91 Å². The van der Waals surface area contributed by atoms with Crippen molar-refractivity contribution in [1.29, 1.82) is 0 Å². The first kappa shape index (κ1) is 18.0. The van der Waals surface area contributed by atoms with Crippen molar-refractivity contribution in [2.24, 2.45) is 0 Å². The maximum Gasteiger partial charge on any atom is 0.243 e. The van der Waals surface area contributed by atoms with E-state index in [0.717, 1.165) is 0 Å². The molecular weight excluding hydrogens is 335 g/mol. The van der Waals surface area contributed by atoms with Gasteiger partial charge in [-0.15, -0.1) is 0 Å². The number of amides is 1. The molecule has 128 valence electrons. The predicted molar refractivity (Wildman–Crippen MR) is 92.3 cm³/mol. The number of halogens is 2. The Morgan fingerprint density at radius 3 is 2.83 bits per heavy atom. The summed E-state index contributed by atoms with van der Waals surface area (Å²) in [5, 5.41) is 5.77. The topological polar surface area (TPSA) is 59.6 Å². The molecule has 2 aromatic rings. The monoisotopic (exact) mass is 352 g/mol. The lowest BCUT2D eigenvalue weighted by molar-refractivity contribution is -0.114. The SMILES string of the molecule is COCCOc1cccc(NCC(=O)Nc2cc(Cl)ccc2F)c1. The van der Waals surface area contributed by atoms with Crippen molar-refractivity contribution in [3.63, 3.8) is 0 Å². The van der Waals surface area contributed by atoms with Crippen LogP contribution >= 0.6 is 11.6 Å². The number of anilines is 2. The van der Waals surface area contributed by atoms with Crippen LogP contribution in [-0.2, 0) is 9.53 Å². The molecule has 0 atom stereocenters. The fourth-order valence-corrected chi connectivity index (χ4v) is 2.08. The molecule has 0 bridgehead atoms. The highest BCUT2D eigenvalue weighted by Gasteiger charge is 2.08. The summed E-state index contributed by atoms with van der Waals surface area (Å²) < 4.78 is 24.0. The number of rotatable bonds is 8. The maximum atomic E-state index is 13.6. The summed E-state index contributed by atoms with van der Waals surface area (Å²) in [6, 6.07) is 11.2. The zero-order chi connectivity index (χ0) is 17.4. The van der Waals surface area contributed by atoms with Crippen molar-refractivity contribution in [2.75, 3.05) is 37.5 Å². The summed E-state index contributed by atoms with van der Waals surface area (Å²) in [6.07, 6.45) is 0. The molecule has 2 rings (SSSR count). The average molecular weight is 353 g/mol. The quantitative estimate of drug-likeness (QED) is 0.713. The smallest absolute Gasteiger partial charge is 0.243 e. The van der Waals surface area contributed by atoms with Crippen molar-refractivity contribution in [3.8, 4) is 5.75 Å². The van der Waals surface area contributed by atoms with E-state index in [0.29, 0.717) is 29.7 Å². The van der Waals surface area contributed by atoms with Gasteiger partial charge in [0.25, 0.3) is 0 Å². The molecule has 0 aliphatic heterocycles. The second-order valence-corrected chi connectivity index (χ2v) is 5.33. The first-order chi connectivity index (χ1) is 11.6. The number of carbonyl (C=O) groups excluding carboxylic acids is 1. The highest BCUT2D eigenvalue weighted by Crippen LogP contribution is 2.20. The second-order valence-electron chi connectivity index (χ2n) is 4.89. The van der Waals surface area contributed by atoms with Crippen molar-refractivity contribution in [3.05, 3.63) is 53.3 Å². The van der Waals surface area contributed by atoms with Crippen LogP contribution in [0.5, 0.6) is 5.75 Å². The van der Waals surface area contributed by atoms with E-state index in [1.807, 2.05) is 6.07 Å². The van der Waals surface area contributed by atoms with Crippen LogP contribution in [0.3, 0.4) is 0 Å². The van der Waals surface area contributed by atoms with Gasteiger partial charge >= 0.3 is 0 Å². The van der Waals surface area contributed by atoms with Gasteiger partial charge in [-0.25, -0.2) is 4.39 Å². The third kappa shape index (κ3) is 5.72. The van der Waals surface area contributed by atoms with Gasteiger partial charge in [0.05, 0.1) is 18.8 Å². The molecule has 0 unspecified atom stereocenters. The van der Waals surface area contributed by atoms with Crippen LogP contribution in [0.1, 0.15) is 0 Å². The van der Waals surface area contributed by atoms with Gasteiger partial charge in [-0.05, 0) is 30.3 Å². The van der Waals surface area contributed by atoms with Crippen LogP contribution in [0.4, 0.5) is 15.8 Å². The number of hydrogen-bond acceptors (Lipinski definition) is 4. The number of nitrogens with one attached hydrogen (secondary N) is 2. The molecule has 0 heterocycles. The van der Waals surface area contributed by atoms with E-state index >= 15 is 0 Å². The minimum Gasteiger partial charge on any atom is -0.491 e. The Bertz CT molecular complexity index is 697. The zero-order valence-corrected chi connectivity index (χ0v) is 13.9. The Morgan fingerprint density at radius 2 is 2.04 bits per heavy atom. The summed E-state index contributed by atoms with van der Waals surface area (Å²) in [4.78, 5) is 11.9. The van der Waals surface area contributed by atoms with Crippen LogP contribution in [0.2, 0.25) is 5.02 Å². The lowest BCUT2D eigenvalue weighted by Crippen LogP contribution is -2.22. The molecule has 0 saturated carbocycles. The van der Waals surface area contributed by atoms with E-state index in [-0.39, 0.29) is 18.1 Å². The number of hydrogen-bond donors (Lipinski definition) is 2. The molecule has 2 N–H and O–H groups in total. The molecule has 0 fully saturated rings. The molecule has 0 aliphatic rings. The van der Waals surface area contributed by atoms with E-state index in [1.165, 1.54) is 18.2 Å². The van der Waals surface area contributed by atoms with Crippen LogP contribution in [0, 0.1) is 5.82 Å². The fraction of sp³-hybridized carbons (Fsp3) is 0.235. The average Bonchev–Trinajstić information content (AvgIpc) is 2.57. The predicted octanol–water partition coefficient (Wildman–Crippen LogP) is 3.55. The molecule has 7 heteroatoms. The summed E-state index contributed by atoms with van der Waals surface area (Å²) in [5.41, 5.74) is 0.762. The highest BCUT2D eigenvalue weighted by molar-refractivity contribution is 6.30. The molecule has 0 aliphatic carbocycles. The molecule has 2 aromatic carbocycles. The van der Waals surface area contributed by atoms with Gasteiger partial charge < -0.3 is 20.1 Å². The van der Waals surface area contributed by atoms with Crippen LogP contribution in [-0.4, -0.2) is 32.8 Å². The lowest BCUT2D eigenvalue weighted by Gasteiger charge is -2.10.